The maximum Gasteiger partial charge on any atom is 0.303 e. The average molecular weight is 405 g/mol. The lowest BCUT2D eigenvalue weighted by atomic mass is 9.45. The van der Waals surface area contributed by atoms with E-state index < -0.39 is 0 Å². The number of hydrogen-bond donors (Lipinski definition) is 0. The van der Waals surface area contributed by atoms with E-state index in [1.807, 2.05) is 0 Å². The van der Waals surface area contributed by atoms with Gasteiger partial charge in [0.05, 0.1) is 0 Å². The summed E-state index contributed by atoms with van der Waals surface area (Å²) in [6, 6.07) is 0. The molecule has 0 aliphatic heterocycles. The van der Waals surface area contributed by atoms with E-state index in [9.17, 15) is 9.59 Å². The van der Waals surface area contributed by atoms with Crippen molar-refractivity contribution in [1.29, 1.82) is 0 Å². The SMILES string of the molecule is CC(=O)OC[C@H](OC(C)=O)[C@H]1CC[C@H]2[C@@H]3CC[C@@H]4CCCC[C@]4(C)[C@H]3CC[C@]12C. The molecule has 0 aromatic rings. The fourth-order valence-electron chi connectivity index (χ4n) is 8.59. The lowest BCUT2D eigenvalue weighted by molar-refractivity contribution is -0.167. The largest absolute Gasteiger partial charge is 0.462 e. The van der Waals surface area contributed by atoms with Crippen molar-refractivity contribution >= 4 is 11.9 Å². The van der Waals surface area contributed by atoms with Gasteiger partial charge in [-0.1, -0.05) is 26.7 Å². The van der Waals surface area contributed by atoms with Crippen LogP contribution in [-0.2, 0) is 19.1 Å². The van der Waals surface area contributed by atoms with E-state index in [2.05, 4.69) is 13.8 Å². The monoisotopic (exact) mass is 404 g/mol. The van der Waals surface area contributed by atoms with E-state index in [-0.39, 0.29) is 30.1 Å². The first-order valence-electron chi connectivity index (χ1n) is 12.1. The quantitative estimate of drug-likeness (QED) is 0.578. The molecular formula is C25H40O4. The van der Waals surface area contributed by atoms with Crippen LogP contribution in [0.15, 0.2) is 0 Å². The molecule has 0 N–H and O–H groups in total. The highest BCUT2D eigenvalue weighted by Crippen LogP contribution is 2.67. The van der Waals surface area contributed by atoms with Crippen LogP contribution in [0.3, 0.4) is 0 Å². The Labute approximate surface area is 176 Å². The number of esters is 2. The summed E-state index contributed by atoms with van der Waals surface area (Å²) in [5.74, 6) is 3.10. The fourth-order valence-corrected chi connectivity index (χ4v) is 8.59. The molecule has 164 valence electrons. The van der Waals surface area contributed by atoms with Gasteiger partial charge in [0.1, 0.15) is 12.7 Å². The third-order valence-electron chi connectivity index (χ3n) is 9.87. The van der Waals surface area contributed by atoms with Crippen LogP contribution in [0, 0.1) is 40.4 Å². The summed E-state index contributed by atoms with van der Waals surface area (Å²) >= 11 is 0. The molecule has 8 atom stereocenters. The van der Waals surface area contributed by atoms with Gasteiger partial charge in [0.25, 0.3) is 0 Å². The number of hydrogen-bond acceptors (Lipinski definition) is 4. The average Bonchev–Trinajstić information content (AvgIpc) is 3.01. The summed E-state index contributed by atoms with van der Waals surface area (Å²) in [5.41, 5.74) is 0.743. The predicted octanol–water partition coefficient (Wildman–Crippen LogP) is 5.53. The van der Waals surface area contributed by atoms with Crippen LogP contribution in [0.2, 0.25) is 0 Å². The highest BCUT2D eigenvalue weighted by molar-refractivity contribution is 5.67. The molecule has 0 aromatic heterocycles. The van der Waals surface area contributed by atoms with E-state index in [0.29, 0.717) is 11.3 Å². The van der Waals surface area contributed by atoms with Crippen molar-refractivity contribution in [1.82, 2.24) is 0 Å². The number of carbonyl (C=O) groups excluding carboxylic acids is 2. The number of ether oxygens (including phenoxy) is 2. The molecule has 0 bridgehead atoms. The Balaban J connectivity index is 1.55. The predicted molar refractivity (Wildman–Crippen MR) is 112 cm³/mol. The number of rotatable bonds is 4. The van der Waals surface area contributed by atoms with Gasteiger partial charge < -0.3 is 9.47 Å². The zero-order valence-electron chi connectivity index (χ0n) is 18.9. The highest BCUT2D eigenvalue weighted by atomic mass is 16.6. The Morgan fingerprint density at radius 3 is 2.34 bits per heavy atom. The maximum absolute atomic E-state index is 11.8. The van der Waals surface area contributed by atoms with E-state index in [1.54, 1.807) is 0 Å². The molecule has 0 unspecified atom stereocenters. The van der Waals surface area contributed by atoms with Crippen LogP contribution in [0.1, 0.15) is 91.9 Å². The molecule has 0 radical (unpaired) electrons. The smallest absolute Gasteiger partial charge is 0.303 e. The molecule has 4 heteroatoms. The van der Waals surface area contributed by atoms with Crippen molar-refractivity contribution < 1.29 is 19.1 Å². The summed E-state index contributed by atoms with van der Waals surface area (Å²) < 4.78 is 11.0. The van der Waals surface area contributed by atoms with Crippen LogP contribution in [-0.4, -0.2) is 24.6 Å². The Kier molecular flexibility index (Phi) is 5.76. The molecule has 4 saturated carbocycles. The van der Waals surface area contributed by atoms with Crippen LogP contribution in [0.5, 0.6) is 0 Å². The van der Waals surface area contributed by atoms with Crippen LogP contribution in [0.4, 0.5) is 0 Å². The Morgan fingerprint density at radius 1 is 0.862 bits per heavy atom. The molecule has 4 fully saturated rings. The van der Waals surface area contributed by atoms with Crippen molar-refractivity contribution in [2.24, 2.45) is 40.4 Å². The standard InChI is InChI=1S/C25H40O4/c1-16(26)28-15-23(29-17(2)27)22-11-10-20-19-9-8-18-7-5-6-13-24(18,3)21(19)12-14-25(20,22)4/h18-23H,5-15H2,1-4H3/t18-,19-,20-,21-,22+,23-,24-,25-/m0/s1. The first kappa shape index (κ1) is 21.2. The van der Waals surface area contributed by atoms with E-state index in [1.165, 1.54) is 71.6 Å². The first-order valence-corrected chi connectivity index (χ1v) is 12.1. The fraction of sp³-hybridized carbons (Fsp3) is 0.920. The van der Waals surface area contributed by atoms with Crippen molar-refractivity contribution in [2.75, 3.05) is 6.61 Å². The molecule has 0 saturated heterocycles. The topological polar surface area (TPSA) is 52.6 Å². The molecule has 0 amide bonds. The van der Waals surface area contributed by atoms with Crippen molar-refractivity contribution in [3.63, 3.8) is 0 Å². The summed E-state index contributed by atoms with van der Waals surface area (Å²) in [7, 11) is 0. The van der Waals surface area contributed by atoms with Gasteiger partial charge in [0.2, 0.25) is 0 Å². The molecule has 0 aromatic carbocycles. The van der Waals surface area contributed by atoms with E-state index in [0.717, 1.165) is 30.1 Å². The molecule has 4 aliphatic carbocycles. The van der Waals surface area contributed by atoms with Crippen molar-refractivity contribution in [3.05, 3.63) is 0 Å². The maximum atomic E-state index is 11.8. The van der Waals surface area contributed by atoms with Gasteiger partial charge in [-0.2, -0.15) is 0 Å². The lowest BCUT2D eigenvalue weighted by Gasteiger charge is -2.60. The molecule has 0 spiro atoms. The molecule has 4 nitrogen and oxygen atoms in total. The Bertz CT molecular complexity index is 645. The number of carbonyl (C=O) groups is 2. The van der Waals surface area contributed by atoms with Crippen molar-refractivity contribution in [3.8, 4) is 0 Å². The van der Waals surface area contributed by atoms with Gasteiger partial charge in [-0.3, -0.25) is 9.59 Å². The second kappa shape index (κ2) is 7.89. The van der Waals surface area contributed by atoms with Gasteiger partial charge in [-0.25, -0.2) is 0 Å². The zero-order chi connectivity index (χ0) is 20.8. The van der Waals surface area contributed by atoms with Crippen LogP contribution >= 0.6 is 0 Å². The normalized spacial score (nSPS) is 44.8. The number of fused-ring (bicyclic) bond motifs is 5. The van der Waals surface area contributed by atoms with Gasteiger partial charge in [0, 0.05) is 19.8 Å². The van der Waals surface area contributed by atoms with Gasteiger partial charge in [0.15, 0.2) is 0 Å². The molecule has 4 aliphatic rings. The summed E-state index contributed by atoms with van der Waals surface area (Å²) in [6.07, 6.45) is 13.1. The summed E-state index contributed by atoms with van der Waals surface area (Å²) in [6.45, 7) is 8.17. The molecule has 4 rings (SSSR count). The van der Waals surface area contributed by atoms with Crippen LogP contribution < -0.4 is 0 Å². The first-order chi connectivity index (χ1) is 13.8. The Morgan fingerprint density at radius 2 is 1.62 bits per heavy atom. The molecular weight excluding hydrogens is 364 g/mol. The minimum Gasteiger partial charge on any atom is -0.462 e. The van der Waals surface area contributed by atoms with Crippen molar-refractivity contribution in [2.45, 2.75) is 98.0 Å². The van der Waals surface area contributed by atoms with E-state index >= 15 is 0 Å². The summed E-state index contributed by atoms with van der Waals surface area (Å²) in [5, 5.41) is 0. The third kappa shape index (κ3) is 3.63. The highest BCUT2D eigenvalue weighted by Gasteiger charge is 2.61. The lowest BCUT2D eigenvalue weighted by Crippen LogP contribution is -2.53. The molecule has 29 heavy (non-hydrogen) atoms. The van der Waals surface area contributed by atoms with E-state index in [4.69, 9.17) is 9.47 Å². The minimum atomic E-state index is -0.301. The molecule has 0 heterocycles. The van der Waals surface area contributed by atoms with Gasteiger partial charge in [-0.05, 0) is 85.9 Å². The van der Waals surface area contributed by atoms with Gasteiger partial charge in [-0.15, -0.1) is 0 Å². The third-order valence-corrected chi connectivity index (χ3v) is 9.87. The Hall–Kier alpha value is -1.06. The van der Waals surface area contributed by atoms with Gasteiger partial charge >= 0.3 is 11.9 Å². The second-order valence-corrected chi connectivity index (χ2v) is 11.1. The van der Waals surface area contributed by atoms with Crippen LogP contribution in [0.25, 0.3) is 0 Å². The second-order valence-electron chi connectivity index (χ2n) is 11.1. The minimum absolute atomic E-state index is 0.194. The zero-order valence-corrected chi connectivity index (χ0v) is 18.9. The summed E-state index contributed by atoms with van der Waals surface area (Å²) in [4.78, 5) is 23.2.